The molecule has 0 unspecified atom stereocenters. The van der Waals surface area contributed by atoms with Crippen molar-refractivity contribution in [1.82, 2.24) is 0 Å². The molecule has 0 heterocycles. The van der Waals surface area contributed by atoms with E-state index in [4.69, 9.17) is 5.73 Å². The Bertz CT molecular complexity index is 237. The summed E-state index contributed by atoms with van der Waals surface area (Å²) < 4.78 is 1.02. The Morgan fingerprint density at radius 1 is 1.50 bits per heavy atom. The van der Waals surface area contributed by atoms with Gasteiger partial charge in [-0.05, 0) is 34.7 Å². The molecule has 0 amide bonds. The standard InChI is InChI=1S/C7H8INO/c8-6-2-1-5(4-9)7(10)3-6/h1-3,10H,4,9H2. The molecule has 54 valence electrons. The minimum atomic E-state index is 0.286. The average Bonchev–Trinajstić information content (AvgIpc) is 1.88. The first kappa shape index (κ1) is 7.81. The van der Waals surface area contributed by atoms with Crippen LogP contribution >= 0.6 is 22.6 Å². The molecule has 0 aliphatic rings. The van der Waals surface area contributed by atoms with Crippen molar-refractivity contribution in [3.8, 4) is 5.75 Å². The lowest BCUT2D eigenvalue weighted by molar-refractivity contribution is 0.468. The van der Waals surface area contributed by atoms with Gasteiger partial charge < -0.3 is 10.8 Å². The number of benzene rings is 1. The summed E-state index contributed by atoms with van der Waals surface area (Å²) in [7, 11) is 0. The highest BCUT2D eigenvalue weighted by atomic mass is 127. The number of nitrogens with two attached hydrogens (primary N) is 1. The van der Waals surface area contributed by atoms with E-state index in [9.17, 15) is 5.11 Å². The zero-order valence-corrected chi connectivity index (χ0v) is 7.50. The van der Waals surface area contributed by atoms with Crippen LogP contribution in [0.15, 0.2) is 18.2 Å². The van der Waals surface area contributed by atoms with Gasteiger partial charge in [-0.25, -0.2) is 0 Å². The molecule has 0 spiro atoms. The zero-order chi connectivity index (χ0) is 7.56. The predicted octanol–water partition coefficient (Wildman–Crippen LogP) is 1.46. The molecule has 3 heteroatoms. The maximum absolute atomic E-state index is 9.21. The lowest BCUT2D eigenvalue weighted by Crippen LogP contribution is -1.96. The Morgan fingerprint density at radius 2 is 2.20 bits per heavy atom. The van der Waals surface area contributed by atoms with Crippen molar-refractivity contribution < 1.29 is 5.11 Å². The minimum absolute atomic E-state index is 0.286. The normalized spacial score (nSPS) is 9.80. The molecule has 1 rings (SSSR count). The van der Waals surface area contributed by atoms with Crippen molar-refractivity contribution in [1.29, 1.82) is 0 Å². The van der Waals surface area contributed by atoms with Gasteiger partial charge in [-0.3, -0.25) is 0 Å². The van der Waals surface area contributed by atoms with Gasteiger partial charge in [-0.1, -0.05) is 6.07 Å². The summed E-state index contributed by atoms with van der Waals surface area (Å²) in [6.07, 6.45) is 0. The second-order valence-electron chi connectivity index (χ2n) is 1.98. The Kier molecular flexibility index (Phi) is 2.50. The van der Waals surface area contributed by atoms with Crippen LogP contribution in [0.1, 0.15) is 5.56 Å². The van der Waals surface area contributed by atoms with Gasteiger partial charge in [0.2, 0.25) is 0 Å². The molecule has 0 radical (unpaired) electrons. The summed E-state index contributed by atoms with van der Waals surface area (Å²) in [6, 6.07) is 5.45. The van der Waals surface area contributed by atoms with E-state index in [-0.39, 0.29) is 5.75 Å². The number of hydrogen-bond donors (Lipinski definition) is 2. The van der Waals surface area contributed by atoms with Crippen LogP contribution < -0.4 is 5.73 Å². The SMILES string of the molecule is NCc1ccc(I)cc1O. The van der Waals surface area contributed by atoms with Crippen molar-refractivity contribution in [2.24, 2.45) is 5.73 Å². The monoisotopic (exact) mass is 249 g/mol. The van der Waals surface area contributed by atoms with Crippen LogP contribution in [0.3, 0.4) is 0 Å². The van der Waals surface area contributed by atoms with Crippen molar-refractivity contribution in [3.05, 3.63) is 27.3 Å². The van der Waals surface area contributed by atoms with Gasteiger partial charge in [0.25, 0.3) is 0 Å². The first-order chi connectivity index (χ1) is 4.74. The van der Waals surface area contributed by atoms with Crippen LogP contribution in [0, 0.1) is 3.57 Å². The highest BCUT2D eigenvalue weighted by molar-refractivity contribution is 14.1. The third-order valence-electron chi connectivity index (χ3n) is 1.27. The average molecular weight is 249 g/mol. The fourth-order valence-corrected chi connectivity index (χ4v) is 1.18. The molecule has 0 atom stereocenters. The molecule has 2 nitrogen and oxygen atoms in total. The molecule has 0 bridgehead atoms. The molecule has 0 fully saturated rings. The fraction of sp³-hybridized carbons (Fsp3) is 0.143. The van der Waals surface area contributed by atoms with E-state index in [0.717, 1.165) is 9.13 Å². The van der Waals surface area contributed by atoms with E-state index in [0.29, 0.717) is 6.54 Å². The number of phenolic OH excluding ortho intramolecular Hbond substituents is 1. The van der Waals surface area contributed by atoms with Crippen molar-refractivity contribution in [2.45, 2.75) is 6.54 Å². The van der Waals surface area contributed by atoms with E-state index < -0.39 is 0 Å². The first-order valence-corrected chi connectivity index (χ1v) is 3.99. The largest absolute Gasteiger partial charge is 0.508 e. The molecule has 1 aromatic rings. The molecular weight excluding hydrogens is 241 g/mol. The van der Waals surface area contributed by atoms with Gasteiger partial charge in [0.1, 0.15) is 5.75 Å². The van der Waals surface area contributed by atoms with Crippen molar-refractivity contribution in [3.63, 3.8) is 0 Å². The fourth-order valence-electron chi connectivity index (χ4n) is 0.710. The summed E-state index contributed by atoms with van der Waals surface area (Å²) >= 11 is 2.14. The number of phenols is 1. The topological polar surface area (TPSA) is 46.2 Å². The first-order valence-electron chi connectivity index (χ1n) is 2.91. The Balaban J connectivity index is 3.07. The summed E-state index contributed by atoms with van der Waals surface area (Å²) in [4.78, 5) is 0. The Hall–Kier alpha value is -0.290. The van der Waals surface area contributed by atoms with Gasteiger partial charge in [0.15, 0.2) is 0 Å². The zero-order valence-electron chi connectivity index (χ0n) is 5.34. The minimum Gasteiger partial charge on any atom is -0.508 e. The van der Waals surface area contributed by atoms with Gasteiger partial charge in [0, 0.05) is 15.7 Å². The van der Waals surface area contributed by atoms with Gasteiger partial charge in [-0.2, -0.15) is 0 Å². The number of hydrogen-bond acceptors (Lipinski definition) is 2. The molecule has 0 saturated carbocycles. The van der Waals surface area contributed by atoms with Crippen LogP contribution in [-0.2, 0) is 6.54 Å². The summed E-state index contributed by atoms with van der Waals surface area (Å²) in [5.41, 5.74) is 6.13. The van der Waals surface area contributed by atoms with E-state index in [2.05, 4.69) is 22.6 Å². The number of halogens is 1. The molecule has 10 heavy (non-hydrogen) atoms. The third-order valence-corrected chi connectivity index (χ3v) is 1.94. The van der Waals surface area contributed by atoms with Crippen LogP contribution in [0.25, 0.3) is 0 Å². The van der Waals surface area contributed by atoms with E-state index in [1.807, 2.05) is 12.1 Å². The van der Waals surface area contributed by atoms with Gasteiger partial charge >= 0.3 is 0 Å². The molecule has 0 saturated heterocycles. The van der Waals surface area contributed by atoms with Crippen molar-refractivity contribution >= 4 is 22.6 Å². The second-order valence-corrected chi connectivity index (χ2v) is 3.22. The lowest BCUT2D eigenvalue weighted by Gasteiger charge is -1.99. The predicted molar refractivity (Wildman–Crippen MR) is 48.7 cm³/mol. The molecular formula is C7H8INO. The van der Waals surface area contributed by atoms with Crippen LogP contribution in [0.4, 0.5) is 0 Å². The summed E-state index contributed by atoms with van der Waals surface area (Å²) in [5.74, 6) is 0.286. The molecule has 0 aliphatic heterocycles. The quantitative estimate of drug-likeness (QED) is 0.740. The second kappa shape index (κ2) is 3.21. The maximum Gasteiger partial charge on any atom is 0.121 e. The lowest BCUT2D eigenvalue weighted by atomic mass is 10.2. The number of aromatic hydroxyl groups is 1. The van der Waals surface area contributed by atoms with Crippen LogP contribution in [0.5, 0.6) is 5.75 Å². The van der Waals surface area contributed by atoms with Crippen LogP contribution in [0.2, 0.25) is 0 Å². The van der Waals surface area contributed by atoms with Crippen LogP contribution in [-0.4, -0.2) is 5.11 Å². The summed E-state index contributed by atoms with van der Waals surface area (Å²) in [5, 5.41) is 9.21. The van der Waals surface area contributed by atoms with Crippen molar-refractivity contribution in [2.75, 3.05) is 0 Å². The molecule has 0 aromatic heterocycles. The Morgan fingerprint density at radius 3 is 2.70 bits per heavy atom. The van der Waals surface area contributed by atoms with Gasteiger partial charge in [0.05, 0.1) is 0 Å². The Labute approximate surface area is 73.2 Å². The highest BCUT2D eigenvalue weighted by Crippen LogP contribution is 2.18. The highest BCUT2D eigenvalue weighted by Gasteiger charge is 1.97. The van der Waals surface area contributed by atoms with E-state index >= 15 is 0 Å². The van der Waals surface area contributed by atoms with E-state index in [1.54, 1.807) is 6.07 Å². The molecule has 3 N–H and O–H groups in total. The smallest absolute Gasteiger partial charge is 0.121 e. The number of rotatable bonds is 1. The molecule has 0 aliphatic carbocycles. The van der Waals surface area contributed by atoms with Gasteiger partial charge in [-0.15, -0.1) is 0 Å². The van der Waals surface area contributed by atoms with E-state index in [1.165, 1.54) is 0 Å². The maximum atomic E-state index is 9.21. The summed E-state index contributed by atoms with van der Waals surface area (Å²) in [6.45, 7) is 0.392. The third kappa shape index (κ3) is 1.60. The molecule has 1 aromatic carbocycles.